The van der Waals surface area contributed by atoms with Gasteiger partial charge in [0.25, 0.3) is 5.78 Å². The van der Waals surface area contributed by atoms with Crippen LogP contribution in [-0.2, 0) is 9.59 Å². The second-order valence-electron chi connectivity index (χ2n) is 8.88. The summed E-state index contributed by atoms with van der Waals surface area (Å²) >= 11 is 4.62. The third kappa shape index (κ3) is 4.19. The van der Waals surface area contributed by atoms with Crippen molar-refractivity contribution in [2.45, 2.75) is 19.9 Å². The quantitative estimate of drug-likeness (QED) is 0.165. The zero-order valence-electron chi connectivity index (χ0n) is 20.9. The van der Waals surface area contributed by atoms with Crippen LogP contribution in [0.3, 0.4) is 0 Å². The maximum atomic E-state index is 13.6. The molecule has 1 saturated heterocycles. The number of aromatic nitrogens is 1. The molecule has 38 heavy (non-hydrogen) atoms. The minimum Gasteiger partial charge on any atom is -0.507 e. The van der Waals surface area contributed by atoms with E-state index in [-0.39, 0.29) is 22.8 Å². The number of carbonyl (C=O) groups excluding carboxylic acids is 2. The van der Waals surface area contributed by atoms with Crippen LogP contribution in [0, 0.1) is 13.8 Å². The molecule has 2 heterocycles. The molecule has 1 aromatic heterocycles. The highest BCUT2D eigenvalue weighted by Gasteiger charge is 2.48. The fourth-order valence-electron chi connectivity index (χ4n) is 4.62. The Hall–Kier alpha value is -3.89. The van der Waals surface area contributed by atoms with Crippen molar-refractivity contribution < 1.29 is 29.3 Å². The number of carbonyl (C=O) groups is 2. The lowest BCUT2D eigenvalue weighted by Gasteiger charge is -2.24. The van der Waals surface area contributed by atoms with Gasteiger partial charge in [0.1, 0.15) is 11.5 Å². The number of hydrogen-bond donors (Lipinski definition) is 2. The third-order valence-electron chi connectivity index (χ3n) is 6.42. The number of methoxy groups -OCH3 is 2. The minimum absolute atomic E-state index is 0.105. The molecule has 1 amide bonds. The molecule has 1 aliphatic rings. The van der Waals surface area contributed by atoms with Crippen molar-refractivity contribution in [1.29, 1.82) is 0 Å². The van der Waals surface area contributed by atoms with Crippen LogP contribution in [0.5, 0.6) is 17.2 Å². The molecule has 0 aliphatic carbocycles. The average Bonchev–Trinajstić information content (AvgIpc) is 3.43. The number of phenolic OH excluding ortho intramolecular Hbond substituents is 1. The fraction of sp³-hybridized carbons (Fsp3) is 0.179. The molecule has 8 nitrogen and oxygen atoms in total. The third-order valence-corrected chi connectivity index (χ3v) is 8.03. The van der Waals surface area contributed by atoms with Crippen LogP contribution in [-0.4, -0.2) is 41.1 Å². The van der Waals surface area contributed by atoms with Gasteiger partial charge in [-0.25, -0.2) is 4.98 Å². The van der Waals surface area contributed by atoms with Crippen LogP contribution in [0.1, 0.15) is 28.3 Å². The van der Waals surface area contributed by atoms with Crippen molar-refractivity contribution in [2.75, 3.05) is 19.1 Å². The fourth-order valence-corrected chi connectivity index (χ4v) is 6.25. The molecule has 0 bridgehead atoms. The van der Waals surface area contributed by atoms with E-state index in [0.29, 0.717) is 26.5 Å². The van der Waals surface area contributed by atoms with Crippen molar-refractivity contribution >= 4 is 60.1 Å². The number of nitrogens with zero attached hydrogens (tertiary/aromatic N) is 2. The van der Waals surface area contributed by atoms with E-state index in [4.69, 9.17) is 14.5 Å². The van der Waals surface area contributed by atoms with Gasteiger partial charge in [0, 0.05) is 5.56 Å². The highest BCUT2D eigenvalue weighted by Crippen LogP contribution is 2.47. The maximum absolute atomic E-state index is 13.6. The molecule has 1 atom stereocenters. The van der Waals surface area contributed by atoms with E-state index in [0.717, 1.165) is 21.3 Å². The Bertz CT molecular complexity index is 1640. The first-order valence-corrected chi connectivity index (χ1v) is 13.1. The van der Waals surface area contributed by atoms with E-state index in [2.05, 4.69) is 15.9 Å². The number of ether oxygens (including phenoxy) is 2. The van der Waals surface area contributed by atoms with Crippen molar-refractivity contribution in [3.8, 4) is 17.2 Å². The smallest absolute Gasteiger partial charge is 0.301 e. The molecule has 10 heteroatoms. The molecule has 1 fully saturated rings. The summed E-state index contributed by atoms with van der Waals surface area (Å²) in [5, 5.41) is 22.1. The molecule has 1 aliphatic heterocycles. The molecule has 5 rings (SSSR count). The summed E-state index contributed by atoms with van der Waals surface area (Å²) in [5.41, 5.74) is 3.41. The standard InChI is InChI=1S/C28H23BrN2O6S/c1-13-9-14(2)22-20(10-13)38-28(30-22)31-23(16-11-18(29)25(33)19(12-16)37-4)21(26(34)27(31)35)24(32)15-5-7-17(36-3)8-6-15/h5-12,23,32-33H,1-4H3. The lowest BCUT2D eigenvalue weighted by Crippen LogP contribution is -2.29. The number of aliphatic hydroxyl groups is 1. The maximum Gasteiger partial charge on any atom is 0.301 e. The Balaban J connectivity index is 1.77. The number of anilines is 1. The molecule has 0 saturated carbocycles. The van der Waals surface area contributed by atoms with Crippen molar-refractivity contribution in [1.82, 2.24) is 4.98 Å². The number of aliphatic hydroxyl groups excluding tert-OH is 1. The van der Waals surface area contributed by atoms with Gasteiger partial charge in [0.05, 0.1) is 40.5 Å². The summed E-state index contributed by atoms with van der Waals surface area (Å²) in [7, 11) is 2.93. The van der Waals surface area contributed by atoms with Gasteiger partial charge in [-0.2, -0.15) is 0 Å². The molecular weight excluding hydrogens is 572 g/mol. The SMILES string of the molecule is COc1ccc(C(O)=C2C(=O)C(=O)N(c3nc4c(C)cc(C)cc4s3)C2c2cc(Br)c(O)c(OC)c2)cc1. The number of ketones is 1. The molecule has 4 aromatic rings. The van der Waals surface area contributed by atoms with E-state index in [9.17, 15) is 19.8 Å². The second kappa shape index (κ2) is 9.77. The van der Waals surface area contributed by atoms with Crippen LogP contribution in [0.4, 0.5) is 5.13 Å². The number of phenols is 1. The first-order chi connectivity index (χ1) is 18.1. The summed E-state index contributed by atoms with van der Waals surface area (Å²) in [4.78, 5) is 33.1. The number of benzene rings is 3. The summed E-state index contributed by atoms with van der Waals surface area (Å²) in [6.45, 7) is 3.92. The van der Waals surface area contributed by atoms with Gasteiger partial charge in [-0.3, -0.25) is 14.5 Å². The number of rotatable bonds is 5. The zero-order valence-corrected chi connectivity index (χ0v) is 23.3. The van der Waals surface area contributed by atoms with Crippen LogP contribution < -0.4 is 14.4 Å². The topological polar surface area (TPSA) is 109 Å². The van der Waals surface area contributed by atoms with Gasteiger partial charge in [-0.15, -0.1) is 0 Å². The Morgan fingerprint density at radius 3 is 2.42 bits per heavy atom. The predicted octanol–water partition coefficient (Wildman–Crippen LogP) is 6.02. The van der Waals surface area contributed by atoms with Crippen molar-refractivity contribution in [2.24, 2.45) is 0 Å². The number of halogens is 1. The molecule has 194 valence electrons. The summed E-state index contributed by atoms with van der Waals surface area (Å²) < 4.78 is 11.7. The van der Waals surface area contributed by atoms with Gasteiger partial charge in [-0.05, 0) is 88.9 Å². The first kappa shape index (κ1) is 25.7. The normalized spacial score (nSPS) is 16.9. The lowest BCUT2D eigenvalue weighted by molar-refractivity contribution is -0.132. The summed E-state index contributed by atoms with van der Waals surface area (Å²) in [6, 6.07) is 12.6. The van der Waals surface area contributed by atoms with Crippen LogP contribution >= 0.6 is 27.3 Å². The molecule has 0 radical (unpaired) electrons. The lowest BCUT2D eigenvalue weighted by atomic mass is 9.95. The molecule has 2 N–H and O–H groups in total. The highest BCUT2D eigenvalue weighted by molar-refractivity contribution is 9.10. The van der Waals surface area contributed by atoms with Gasteiger partial charge in [0.2, 0.25) is 0 Å². The van der Waals surface area contributed by atoms with E-state index < -0.39 is 17.7 Å². The molecule has 1 unspecified atom stereocenters. The Morgan fingerprint density at radius 2 is 1.76 bits per heavy atom. The summed E-state index contributed by atoms with van der Waals surface area (Å²) in [5.74, 6) is -1.42. The van der Waals surface area contributed by atoms with Gasteiger partial charge in [-0.1, -0.05) is 17.4 Å². The summed E-state index contributed by atoms with van der Waals surface area (Å²) in [6.07, 6.45) is 0. The van der Waals surface area contributed by atoms with Gasteiger partial charge < -0.3 is 19.7 Å². The van der Waals surface area contributed by atoms with Gasteiger partial charge >= 0.3 is 5.91 Å². The molecule has 0 spiro atoms. The Kier molecular flexibility index (Phi) is 6.62. The van der Waals surface area contributed by atoms with Gasteiger partial charge in [0.15, 0.2) is 16.6 Å². The van der Waals surface area contributed by atoms with Crippen molar-refractivity contribution in [3.05, 3.63) is 80.8 Å². The number of hydrogen-bond acceptors (Lipinski definition) is 8. The van der Waals surface area contributed by atoms with Crippen LogP contribution in [0.2, 0.25) is 0 Å². The number of amides is 1. The molecular formula is C28H23BrN2O6S. The minimum atomic E-state index is -1.04. The van der Waals surface area contributed by atoms with E-state index in [1.165, 1.54) is 36.5 Å². The average molecular weight is 595 g/mol. The largest absolute Gasteiger partial charge is 0.507 e. The number of thiazole rings is 1. The van der Waals surface area contributed by atoms with E-state index in [1.54, 1.807) is 30.3 Å². The number of aromatic hydroxyl groups is 1. The molecule has 3 aromatic carbocycles. The number of Topliss-reactive ketones (excluding diaryl/α,β-unsaturated/α-hetero) is 1. The van der Waals surface area contributed by atoms with Crippen molar-refractivity contribution in [3.63, 3.8) is 0 Å². The van der Waals surface area contributed by atoms with Crippen LogP contribution in [0.25, 0.3) is 16.0 Å². The highest BCUT2D eigenvalue weighted by atomic mass is 79.9. The van der Waals surface area contributed by atoms with E-state index in [1.807, 2.05) is 26.0 Å². The van der Waals surface area contributed by atoms with Crippen LogP contribution in [0.15, 0.2) is 58.6 Å². The zero-order chi connectivity index (χ0) is 27.3. The Morgan fingerprint density at radius 1 is 1.05 bits per heavy atom. The number of fused-ring (bicyclic) bond motifs is 1. The second-order valence-corrected chi connectivity index (χ2v) is 10.7. The number of aryl methyl sites for hydroxylation is 2. The van der Waals surface area contributed by atoms with E-state index >= 15 is 0 Å². The first-order valence-electron chi connectivity index (χ1n) is 11.5. The monoisotopic (exact) mass is 594 g/mol. The predicted molar refractivity (Wildman–Crippen MR) is 149 cm³/mol. The Labute approximate surface area is 230 Å².